The molecule has 7 nitrogen and oxygen atoms in total. The zero-order valence-electron chi connectivity index (χ0n) is 16.7. The van der Waals surface area contributed by atoms with Crippen LogP contribution in [0, 0.1) is 0 Å². The van der Waals surface area contributed by atoms with E-state index >= 15 is 0 Å². The number of amides is 1. The highest BCUT2D eigenvalue weighted by Gasteiger charge is 2.19. The largest absolute Gasteiger partial charge is 0.483 e. The minimum absolute atomic E-state index is 0.0864. The third-order valence-corrected chi connectivity index (χ3v) is 4.95. The Morgan fingerprint density at radius 2 is 2.00 bits per heavy atom. The minimum atomic E-state index is -0.451. The predicted molar refractivity (Wildman–Crippen MR) is 113 cm³/mol. The fourth-order valence-electron chi connectivity index (χ4n) is 2.74. The number of H-pyrrole nitrogens is 1. The Morgan fingerprint density at radius 3 is 2.72 bits per heavy atom. The maximum atomic E-state index is 12.3. The number of hydrogen-bond acceptors (Lipinski definition) is 6. The molecule has 3 rings (SSSR count). The van der Waals surface area contributed by atoms with Gasteiger partial charge in [-0.1, -0.05) is 39.0 Å². The first-order valence-corrected chi connectivity index (χ1v) is 9.90. The summed E-state index contributed by atoms with van der Waals surface area (Å²) in [5.41, 5.74) is 2.68. The Balaban J connectivity index is 1.61. The first kappa shape index (κ1) is 20.6. The molecule has 0 spiro atoms. The average molecular weight is 413 g/mol. The molecule has 0 aliphatic carbocycles. The van der Waals surface area contributed by atoms with Gasteiger partial charge in [0.25, 0.3) is 5.91 Å². The number of aromatic nitrogens is 2. The topological polar surface area (TPSA) is 93.3 Å². The van der Waals surface area contributed by atoms with Gasteiger partial charge in [-0.15, -0.1) is 11.3 Å². The Bertz CT molecular complexity index is 1020. The molecule has 0 aliphatic heterocycles. The van der Waals surface area contributed by atoms with E-state index in [-0.39, 0.29) is 17.9 Å². The van der Waals surface area contributed by atoms with Crippen molar-refractivity contribution in [1.29, 1.82) is 0 Å². The average Bonchev–Trinajstić information content (AvgIpc) is 3.34. The van der Waals surface area contributed by atoms with Gasteiger partial charge in [0.05, 0.1) is 12.8 Å². The van der Waals surface area contributed by atoms with E-state index in [1.54, 1.807) is 17.6 Å². The van der Waals surface area contributed by atoms with Gasteiger partial charge >= 0.3 is 5.97 Å². The number of carbonyl (C=O) groups is 2. The molecule has 2 N–H and O–H groups in total. The molecule has 0 aliphatic rings. The summed E-state index contributed by atoms with van der Waals surface area (Å²) >= 11 is 1.30. The predicted octanol–water partition coefficient (Wildman–Crippen LogP) is 4.24. The molecule has 3 aromatic rings. The van der Waals surface area contributed by atoms with Crippen molar-refractivity contribution in [2.24, 2.45) is 0 Å². The summed E-state index contributed by atoms with van der Waals surface area (Å²) in [6.07, 6.45) is 1.67. The van der Waals surface area contributed by atoms with Gasteiger partial charge in [0.2, 0.25) is 0 Å². The molecule has 2 aromatic heterocycles. The van der Waals surface area contributed by atoms with E-state index in [1.165, 1.54) is 18.4 Å². The van der Waals surface area contributed by atoms with Crippen molar-refractivity contribution >= 4 is 28.3 Å². The molecule has 0 atom stereocenters. The van der Waals surface area contributed by atoms with Gasteiger partial charge in [0.15, 0.2) is 11.7 Å². The van der Waals surface area contributed by atoms with Crippen molar-refractivity contribution in [3.63, 3.8) is 0 Å². The van der Waals surface area contributed by atoms with Gasteiger partial charge in [-0.2, -0.15) is 0 Å². The number of aromatic amines is 1. The van der Waals surface area contributed by atoms with Gasteiger partial charge in [-0.05, 0) is 23.1 Å². The lowest BCUT2D eigenvalue weighted by atomic mass is 9.86. The van der Waals surface area contributed by atoms with Gasteiger partial charge in [0, 0.05) is 17.1 Å². The quantitative estimate of drug-likeness (QED) is 0.590. The summed E-state index contributed by atoms with van der Waals surface area (Å²) < 4.78 is 10.4. The second-order valence-corrected chi connectivity index (χ2v) is 8.27. The van der Waals surface area contributed by atoms with Crippen molar-refractivity contribution in [1.82, 2.24) is 9.97 Å². The maximum Gasteiger partial charge on any atom is 0.354 e. The van der Waals surface area contributed by atoms with Crippen LogP contribution in [0.4, 0.5) is 5.13 Å². The number of ether oxygens (including phenoxy) is 2. The van der Waals surface area contributed by atoms with Gasteiger partial charge in [-0.25, -0.2) is 9.78 Å². The third-order valence-electron chi connectivity index (χ3n) is 4.19. The molecule has 0 saturated heterocycles. The summed E-state index contributed by atoms with van der Waals surface area (Å²) in [5.74, 6) is -0.0516. The van der Waals surface area contributed by atoms with Crippen molar-refractivity contribution < 1.29 is 19.1 Å². The number of nitrogens with zero attached hydrogens (tertiary/aromatic N) is 1. The molecule has 8 heteroatoms. The number of methoxy groups -OCH3 is 1. The molecule has 0 fully saturated rings. The van der Waals surface area contributed by atoms with Crippen molar-refractivity contribution in [3.05, 3.63) is 53.2 Å². The third kappa shape index (κ3) is 5.03. The second kappa shape index (κ2) is 8.48. The van der Waals surface area contributed by atoms with E-state index in [4.69, 9.17) is 4.74 Å². The van der Waals surface area contributed by atoms with Gasteiger partial charge in [-0.3, -0.25) is 10.1 Å². The van der Waals surface area contributed by atoms with Crippen molar-refractivity contribution in [2.45, 2.75) is 26.2 Å². The molecule has 0 bridgehead atoms. The number of esters is 1. The summed E-state index contributed by atoms with van der Waals surface area (Å²) in [6, 6.07) is 9.35. The molecular weight excluding hydrogens is 390 g/mol. The zero-order valence-corrected chi connectivity index (χ0v) is 17.6. The summed E-state index contributed by atoms with van der Waals surface area (Å²) in [7, 11) is 1.32. The molecule has 1 amide bonds. The van der Waals surface area contributed by atoms with Crippen LogP contribution in [0.5, 0.6) is 5.75 Å². The number of hydrogen-bond donors (Lipinski definition) is 2. The number of nitrogens with one attached hydrogen (secondary N) is 2. The van der Waals surface area contributed by atoms with E-state index < -0.39 is 5.97 Å². The Kier molecular flexibility index (Phi) is 6.03. The summed E-state index contributed by atoms with van der Waals surface area (Å²) in [4.78, 5) is 31.1. The molecule has 0 unspecified atom stereocenters. The monoisotopic (exact) mass is 413 g/mol. The molecular formula is C21H23N3O4S. The van der Waals surface area contributed by atoms with Crippen LogP contribution in [0.25, 0.3) is 11.3 Å². The van der Waals surface area contributed by atoms with Crippen LogP contribution in [-0.4, -0.2) is 35.6 Å². The Labute approximate surface area is 173 Å². The van der Waals surface area contributed by atoms with E-state index in [0.29, 0.717) is 22.3 Å². The van der Waals surface area contributed by atoms with Crippen molar-refractivity contribution in [2.75, 3.05) is 19.0 Å². The number of thiazole rings is 1. The lowest BCUT2D eigenvalue weighted by Crippen LogP contribution is -2.21. The first-order chi connectivity index (χ1) is 13.8. The number of rotatable bonds is 6. The van der Waals surface area contributed by atoms with Gasteiger partial charge in [0.1, 0.15) is 11.4 Å². The zero-order chi connectivity index (χ0) is 21.0. The minimum Gasteiger partial charge on any atom is -0.483 e. The molecule has 2 heterocycles. The van der Waals surface area contributed by atoms with E-state index in [9.17, 15) is 9.59 Å². The van der Waals surface area contributed by atoms with Crippen molar-refractivity contribution in [3.8, 4) is 17.0 Å². The van der Waals surface area contributed by atoms with E-state index in [0.717, 1.165) is 11.1 Å². The van der Waals surface area contributed by atoms with Gasteiger partial charge < -0.3 is 14.5 Å². The Hall–Kier alpha value is -3.13. The lowest BCUT2D eigenvalue weighted by Gasteiger charge is -2.22. The number of para-hydroxylation sites is 1. The van der Waals surface area contributed by atoms with Crippen LogP contribution in [0.2, 0.25) is 0 Å². The highest BCUT2D eigenvalue weighted by molar-refractivity contribution is 7.14. The van der Waals surface area contributed by atoms with E-state index in [2.05, 4.69) is 40.8 Å². The maximum absolute atomic E-state index is 12.3. The fourth-order valence-corrected chi connectivity index (χ4v) is 3.48. The Morgan fingerprint density at radius 1 is 1.24 bits per heavy atom. The van der Waals surface area contributed by atoms with Crippen LogP contribution in [0.1, 0.15) is 36.8 Å². The number of anilines is 1. The highest BCUT2D eigenvalue weighted by Crippen LogP contribution is 2.31. The summed E-state index contributed by atoms with van der Waals surface area (Å²) in [6.45, 7) is 6.18. The van der Waals surface area contributed by atoms with Crippen LogP contribution in [0.3, 0.4) is 0 Å². The fraction of sp³-hybridized carbons (Fsp3) is 0.286. The SMILES string of the molecule is COC(=O)c1cc(-c2csc(NC(=O)COc3ccccc3C(C)(C)C)n2)c[nH]1. The van der Waals surface area contributed by atoms with Crippen LogP contribution >= 0.6 is 11.3 Å². The molecule has 0 radical (unpaired) electrons. The normalized spacial score (nSPS) is 11.2. The molecule has 0 saturated carbocycles. The highest BCUT2D eigenvalue weighted by atomic mass is 32.1. The molecule has 1 aromatic carbocycles. The standard InChI is InChI=1S/C21H23N3O4S/c1-21(2,3)14-7-5-6-8-17(14)28-11-18(25)24-20-23-16(12-29-20)13-9-15(22-10-13)19(26)27-4/h5-10,12,22H,11H2,1-4H3,(H,23,24,25). The molecule has 29 heavy (non-hydrogen) atoms. The van der Waals surface area contributed by atoms with Crippen LogP contribution in [-0.2, 0) is 14.9 Å². The van der Waals surface area contributed by atoms with E-state index in [1.807, 2.05) is 24.3 Å². The smallest absolute Gasteiger partial charge is 0.354 e. The summed E-state index contributed by atoms with van der Waals surface area (Å²) in [5, 5.41) is 5.00. The first-order valence-electron chi connectivity index (χ1n) is 9.02. The second-order valence-electron chi connectivity index (χ2n) is 7.41. The van der Waals surface area contributed by atoms with Crippen LogP contribution < -0.4 is 10.1 Å². The lowest BCUT2D eigenvalue weighted by molar-refractivity contribution is -0.118. The number of benzene rings is 1. The number of carbonyl (C=O) groups excluding carboxylic acids is 2. The molecule has 152 valence electrons. The van der Waals surface area contributed by atoms with Crippen LogP contribution in [0.15, 0.2) is 41.9 Å².